The minimum Gasteiger partial charge on any atom is -0.370 e. The fourth-order valence-corrected chi connectivity index (χ4v) is 2.09. The highest BCUT2D eigenvalue weighted by molar-refractivity contribution is 7.84. The average molecular weight is 314 g/mol. The van der Waals surface area contributed by atoms with Crippen molar-refractivity contribution in [2.45, 2.75) is 31.9 Å². The van der Waals surface area contributed by atoms with Crippen LogP contribution in [0.4, 0.5) is 17.3 Å². The predicted octanol–water partition coefficient (Wildman–Crippen LogP) is 2.38. The van der Waals surface area contributed by atoms with Crippen LogP contribution < -0.4 is 10.6 Å². The Balaban J connectivity index is 2.76. The molecule has 0 aromatic carbocycles. The molecule has 0 amide bonds. The number of nitrogens with one attached hydrogen (secondary N) is 2. The number of pyridine rings is 1. The molecule has 0 spiro atoms. The van der Waals surface area contributed by atoms with Gasteiger partial charge in [-0.25, -0.2) is 4.98 Å². The molecule has 0 radical (unpaired) electrons. The molecular formula is C13H22N4O3S. The van der Waals surface area contributed by atoms with E-state index in [1.807, 2.05) is 13.8 Å². The second kappa shape index (κ2) is 8.56. The van der Waals surface area contributed by atoms with Gasteiger partial charge in [0.1, 0.15) is 5.82 Å². The average Bonchev–Trinajstić information content (AvgIpc) is 2.44. The maximum absolute atomic E-state index is 11.3. The van der Waals surface area contributed by atoms with Gasteiger partial charge in [-0.15, -0.1) is 0 Å². The molecule has 0 saturated heterocycles. The van der Waals surface area contributed by atoms with E-state index in [0.29, 0.717) is 18.8 Å². The van der Waals surface area contributed by atoms with E-state index >= 15 is 0 Å². The zero-order chi connectivity index (χ0) is 15.8. The molecule has 1 aromatic rings. The normalized spacial score (nSPS) is 13.5. The van der Waals surface area contributed by atoms with Gasteiger partial charge in [0.2, 0.25) is 5.82 Å². The Morgan fingerprint density at radius 2 is 2.10 bits per heavy atom. The lowest BCUT2D eigenvalue weighted by Gasteiger charge is -2.11. The molecule has 0 fully saturated rings. The Morgan fingerprint density at radius 1 is 1.38 bits per heavy atom. The van der Waals surface area contributed by atoms with Crippen LogP contribution in [0.5, 0.6) is 0 Å². The van der Waals surface area contributed by atoms with Gasteiger partial charge >= 0.3 is 5.69 Å². The summed E-state index contributed by atoms with van der Waals surface area (Å²) in [6.45, 7) is 5.17. The Morgan fingerprint density at radius 3 is 2.67 bits per heavy atom. The van der Waals surface area contributed by atoms with Crippen molar-refractivity contribution in [2.75, 3.05) is 30.0 Å². The molecule has 21 heavy (non-hydrogen) atoms. The summed E-state index contributed by atoms with van der Waals surface area (Å²) in [5.41, 5.74) is -0.0534. The summed E-state index contributed by atoms with van der Waals surface area (Å²) in [5.74, 6) is 0.854. The van der Waals surface area contributed by atoms with E-state index in [1.54, 1.807) is 12.3 Å². The number of rotatable bonds is 9. The summed E-state index contributed by atoms with van der Waals surface area (Å²) >= 11 is 0. The van der Waals surface area contributed by atoms with Crippen LogP contribution >= 0.6 is 0 Å². The van der Waals surface area contributed by atoms with E-state index in [0.717, 1.165) is 13.0 Å². The van der Waals surface area contributed by atoms with Crippen LogP contribution in [0.1, 0.15) is 26.7 Å². The van der Waals surface area contributed by atoms with Crippen LogP contribution in [-0.4, -0.2) is 38.7 Å². The van der Waals surface area contributed by atoms with Crippen molar-refractivity contribution in [1.82, 2.24) is 4.98 Å². The lowest BCUT2D eigenvalue weighted by Crippen LogP contribution is -2.16. The van der Waals surface area contributed by atoms with E-state index in [1.165, 1.54) is 6.07 Å². The van der Waals surface area contributed by atoms with E-state index < -0.39 is 15.7 Å². The summed E-state index contributed by atoms with van der Waals surface area (Å²) in [7, 11) is -0.898. The van der Waals surface area contributed by atoms with E-state index in [2.05, 4.69) is 15.6 Å². The van der Waals surface area contributed by atoms with Gasteiger partial charge in [-0.3, -0.25) is 14.3 Å². The van der Waals surface area contributed by atoms with Gasteiger partial charge < -0.3 is 10.6 Å². The molecule has 0 aliphatic carbocycles. The minimum atomic E-state index is -0.898. The molecule has 8 heteroatoms. The first kappa shape index (κ1) is 17.4. The van der Waals surface area contributed by atoms with Crippen molar-refractivity contribution in [1.29, 1.82) is 0 Å². The first-order valence-corrected chi connectivity index (χ1v) is 8.53. The zero-order valence-corrected chi connectivity index (χ0v) is 13.4. The molecule has 7 nitrogen and oxygen atoms in total. The molecule has 1 heterocycles. The highest BCUT2D eigenvalue weighted by Crippen LogP contribution is 2.24. The number of nitro groups is 1. The highest BCUT2D eigenvalue weighted by atomic mass is 32.2. The molecule has 2 atom stereocenters. The number of hydrogen-bond acceptors (Lipinski definition) is 6. The van der Waals surface area contributed by atoms with Crippen molar-refractivity contribution in [3.63, 3.8) is 0 Å². The fraction of sp³-hybridized carbons (Fsp3) is 0.615. The summed E-state index contributed by atoms with van der Waals surface area (Å²) in [6.07, 6.45) is 3.26. The molecule has 118 valence electrons. The fourth-order valence-electron chi connectivity index (χ4n) is 1.64. The zero-order valence-electron chi connectivity index (χ0n) is 12.6. The Kier molecular flexibility index (Phi) is 7.07. The van der Waals surface area contributed by atoms with Crippen LogP contribution in [0.2, 0.25) is 0 Å². The summed E-state index contributed by atoms with van der Waals surface area (Å²) in [5, 5.41) is 17.1. The lowest BCUT2D eigenvalue weighted by molar-refractivity contribution is -0.384. The van der Waals surface area contributed by atoms with E-state index in [-0.39, 0.29) is 16.8 Å². The van der Waals surface area contributed by atoms with Crippen molar-refractivity contribution in [2.24, 2.45) is 0 Å². The van der Waals surface area contributed by atoms with Gasteiger partial charge in [0.05, 0.1) is 4.92 Å². The number of hydrogen-bond donors (Lipinski definition) is 2. The van der Waals surface area contributed by atoms with Gasteiger partial charge in [0.15, 0.2) is 0 Å². The van der Waals surface area contributed by atoms with Crippen molar-refractivity contribution >= 4 is 28.1 Å². The third kappa shape index (κ3) is 5.66. The largest absolute Gasteiger partial charge is 0.370 e. The second-order valence-corrected chi connectivity index (χ2v) is 6.57. The lowest BCUT2D eigenvalue weighted by atomic mass is 10.3. The van der Waals surface area contributed by atoms with Gasteiger partial charge in [-0.2, -0.15) is 0 Å². The van der Waals surface area contributed by atoms with Crippen molar-refractivity contribution < 1.29 is 9.13 Å². The molecule has 2 N–H and O–H groups in total. The molecule has 1 aromatic heterocycles. The second-order valence-electron chi connectivity index (χ2n) is 4.77. The molecule has 0 aliphatic rings. The maximum atomic E-state index is 11.3. The first-order chi connectivity index (χ1) is 9.95. The van der Waals surface area contributed by atoms with E-state index in [4.69, 9.17) is 0 Å². The molecule has 0 aliphatic heterocycles. The van der Waals surface area contributed by atoms with Gasteiger partial charge in [0, 0.05) is 41.5 Å². The first-order valence-electron chi connectivity index (χ1n) is 6.91. The molecular weight excluding hydrogens is 292 g/mol. The summed E-state index contributed by atoms with van der Waals surface area (Å²) < 4.78 is 11.3. The highest BCUT2D eigenvalue weighted by Gasteiger charge is 2.16. The topological polar surface area (TPSA) is 97.2 Å². The number of aromatic nitrogens is 1. The predicted molar refractivity (Wildman–Crippen MR) is 86.3 cm³/mol. The Bertz CT molecular complexity index is 510. The number of anilines is 2. The van der Waals surface area contributed by atoms with Crippen LogP contribution in [-0.2, 0) is 10.8 Å². The van der Waals surface area contributed by atoms with Gasteiger partial charge in [0.25, 0.3) is 0 Å². The number of nitrogens with zero attached hydrogens (tertiary/aromatic N) is 2. The van der Waals surface area contributed by atoms with Gasteiger partial charge in [-0.05, 0) is 18.9 Å². The molecule has 2 unspecified atom stereocenters. The van der Waals surface area contributed by atoms with Gasteiger partial charge in [-0.1, -0.05) is 13.8 Å². The van der Waals surface area contributed by atoms with Crippen molar-refractivity contribution in [3.05, 3.63) is 22.2 Å². The smallest absolute Gasteiger partial charge is 0.311 e. The van der Waals surface area contributed by atoms with Crippen LogP contribution in [0.15, 0.2) is 12.1 Å². The molecule has 1 rings (SSSR count). The summed E-state index contributed by atoms with van der Waals surface area (Å²) in [4.78, 5) is 14.8. The standard InChI is InChI=1S/C13H22N4O3S/c1-4-8-14-12-6-5-11(17(18)19)13(16-12)15-9-7-10(2)21(3)20/h5-6,10H,4,7-9H2,1-3H3,(H2,14,15,16). The minimum absolute atomic E-state index is 0.0398. The van der Waals surface area contributed by atoms with Crippen LogP contribution in [0.25, 0.3) is 0 Å². The quantitative estimate of drug-likeness (QED) is 0.536. The third-order valence-electron chi connectivity index (χ3n) is 3.04. The van der Waals surface area contributed by atoms with E-state index in [9.17, 15) is 14.3 Å². The maximum Gasteiger partial charge on any atom is 0.311 e. The van der Waals surface area contributed by atoms with Crippen molar-refractivity contribution in [3.8, 4) is 0 Å². The summed E-state index contributed by atoms with van der Waals surface area (Å²) in [6, 6.07) is 3.04. The Labute approximate surface area is 127 Å². The van der Waals surface area contributed by atoms with Crippen LogP contribution in [0, 0.1) is 10.1 Å². The molecule has 0 saturated carbocycles. The SMILES string of the molecule is CCCNc1ccc([N+](=O)[O-])c(NCCC(C)S(C)=O)n1. The van der Waals surface area contributed by atoms with Crippen LogP contribution in [0.3, 0.4) is 0 Å². The molecule has 0 bridgehead atoms. The third-order valence-corrected chi connectivity index (χ3v) is 4.41. The monoisotopic (exact) mass is 314 g/mol. The Hall–Kier alpha value is -1.70.